The predicted molar refractivity (Wildman–Crippen MR) is 120 cm³/mol. The number of ether oxygens (including phenoxy) is 1. The molecule has 0 spiro atoms. The molecule has 29 heavy (non-hydrogen) atoms. The number of aromatic nitrogens is 2. The Bertz CT molecular complexity index is 1070. The van der Waals surface area contributed by atoms with Gasteiger partial charge in [0.05, 0.1) is 22.9 Å². The quantitative estimate of drug-likeness (QED) is 0.488. The molecule has 9 heteroatoms. The Morgan fingerprint density at radius 1 is 1.24 bits per heavy atom. The highest BCUT2D eigenvalue weighted by molar-refractivity contribution is 9.10. The molecule has 0 aliphatic carbocycles. The van der Waals surface area contributed by atoms with Crippen LogP contribution in [0.2, 0.25) is 10.0 Å². The van der Waals surface area contributed by atoms with Gasteiger partial charge < -0.3 is 14.5 Å². The zero-order valence-electron chi connectivity index (χ0n) is 16.5. The molecule has 2 heterocycles. The summed E-state index contributed by atoms with van der Waals surface area (Å²) in [5.41, 5.74) is 2.75. The molecular weight excluding hydrogens is 479 g/mol. The Balaban J connectivity index is 1.89. The molecule has 3 rings (SSSR count). The van der Waals surface area contributed by atoms with E-state index in [9.17, 15) is 4.79 Å². The number of carbonyl (C=O) groups excluding carboxylic acids is 1. The summed E-state index contributed by atoms with van der Waals surface area (Å²) in [6.45, 7) is 2.33. The van der Waals surface area contributed by atoms with E-state index in [1.807, 2.05) is 43.7 Å². The molecule has 1 aromatic carbocycles. The van der Waals surface area contributed by atoms with Crippen LogP contribution < -0.4 is 9.64 Å². The van der Waals surface area contributed by atoms with Crippen molar-refractivity contribution in [1.29, 1.82) is 0 Å². The predicted octanol–water partition coefficient (Wildman–Crippen LogP) is 4.82. The first kappa shape index (κ1) is 21.9. The number of rotatable bonds is 6. The van der Waals surface area contributed by atoms with Crippen molar-refractivity contribution < 1.29 is 9.53 Å². The average molecular weight is 500 g/mol. The normalized spacial score (nSPS) is 11.3. The Morgan fingerprint density at radius 3 is 2.66 bits per heavy atom. The minimum Gasteiger partial charge on any atom is -0.485 e. The number of imidazole rings is 1. The van der Waals surface area contributed by atoms with Crippen molar-refractivity contribution >= 4 is 56.4 Å². The van der Waals surface area contributed by atoms with E-state index in [4.69, 9.17) is 27.9 Å². The maximum absolute atomic E-state index is 12.4. The van der Waals surface area contributed by atoms with Crippen molar-refractivity contribution in [3.63, 3.8) is 0 Å². The van der Waals surface area contributed by atoms with Crippen LogP contribution in [0.25, 0.3) is 5.65 Å². The number of amides is 1. The first-order valence-electron chi connectivity index (χ1n) is 8.84. The second-order valence-electron chi connectivity index (χ2n) is 6.89. The third-order valence-electron chi connectivity index (χ3n) is 4.44. The monoisotopic (exact) mass is 498 g/mol. The second kappa shape index (κ2) is 8.92. The van der Waals surface area contributed by atoms with E-state index in [1.54, 1.807) is 24.1 Å². The van der Waals surface area contributed by atoms with Crippen LogP contribution in [-0.2, 0) is 11.4 Å². The van der Waals surface area contributed by atoms with Crippen LogP contribution in [-0.4, -0.2) is 47.9 Å². The first-order valence-corrected chi connectivity index (χ1v) is 10.4. The van der Waals surface area contributed by atoms with E-state index in [2.05, 4.69) is 20.9 Å². The molecule has 0 fully saturated rings. The molecule has 2 aromatic heterocycles. The highest BCUT2D eigenvalue weighted by Gasteiger charge is 2.19. The topological polar surface area (TPSA) is 50.1 Å². The SMILES string of the molecule is Cc1nc2c(OCc3c(Cl)ccc(N(C)C(=O)CN(C)C)c3Cl)cccn2c1Br. The van der Waals surface area contributed by atoms with Crippen LogP contribution in [0.4, 0.5) is 5.69 Å². The Hall–Kier alpha value is -1.80. The number of hydrogen-bond acceptors (Lipinski definition) is 4. The molecule has 154 valence electrons. The zero-order valence-corrected chi connectivity index (χ0v) is 19.6. The van der Waals surface area contributed by atoms with Gasteiger partial charge in [-0.1, -0.05) is 23.2 Å². The zero-order chi connectivity index (χ0) is 21.3. The summed E-state index contributed by atoms with van der Waals surface area (Å²) < 4.78 is 8.78. The number of nitrogens with zero attached hydrogens (tertiary/aromatic N) is 4. The Morgan fingerprint density at radius 2 is 1.97 bits per heavy atom. The van der Waals surface area contributed by atoms with Crippen molar-refractivity contribution in [3.8, 4) is 5.75 Å². The van der Waals surface area contributed by atoms with E-state index in [-0.39, 0.29) is 19.1 Å². The van der Waals surface area contributed by atoms with Crippen LogP contribution in [0.1, 0.15) is 11.3 Å². The van der Waals surface area contributed by atoms with Crippen LogP contribution >= 0.6 is 39.1 Å². The van der Waals surface area contributed by atoms with Gasteiger partial charge in [0, 0.05) is 23.8 Å². The lowest BCUT2D eigenvalue weighted by molar-refractivity contribution is -0.118. The molecule has 0 saturated carbocycles. The average Bonchev–Trinajstić information content (AvgIpc) is 2.95. The van der Waals surface area contributed by atoms with Crippen molar-refractivity contribution in [2.75, 3.05) is 32.6 Å². The highest BCUT2D eigenvalue weighted by atomic mass is 79.9. The van der Waals surface area contributed by atoms with Crippen molar-refractivity contribution in [2.24, 2.45) is 0 Å². The summed E-state index contributed by atoms with van der Waals surface area (Å²) in [5, 5.41) is 0.861. The van der Waals surface area contributed by atoms with Gasteiger partial charge in [-0.15, -0.1) is 0 Å². The minimum absolute atomic E-state index is 0.0754. The van der Waals surface area contributed by atoms with Gasteiger partial charge in [0.25, 0.3) is 0 Å². The van der Waals surface area contributed by atoms with Crippen molar-refractivity contribution in [2.45, 2.75) is 13.5 Å². The van der Waals surface area contributed by atoms with E-state index in [0.717, 1.165) is 10.3 Å². The second-order valence-corrected chi connectivity index (χ2v) is 8.43. The number of aryl methyl sites for hydroxylation is 1. The lowest BCUT2D eigenvalue weighted by atomic mass is 10.2. The number of anilines is 1. The summed E-state index contributed by atoms with van der Waals surface area (Å²) in [4.78, 5) is 20.3. The largest absolute Gasteiger partial charge is 0.485 e. The molecular formula is C20H21BrCl2N4O2. The standard InChI is InChI=1S/C20H21BrCl2N4O2/c1-12-19(21)27-9-5-6-16(20(27)24-12)29-11-13-14(22)7-8-15(18(13)23)26(4)17(28)10-25(2)3/h5-9H,10-11H2,1-4H3. The lowest BCUT2D eigenvalue weighted by Gasteiger charge is -2.22. The molecule has 6 nitrogen and oxygen atoms in total. The fraction of sp³-hybridized carbons (Fsp3) is 0.300. The van der Waals surface area contributed by atoms with Gasteiger partial charge in [0.1, 0.15) is 11.2 Å². The number of carbonyl (C=O) groups is 1. The summed E-state index contributed by atoms with van der Waals surface area (Å²) in [7, 11) is 5.37. The van der Waals surface area contributed by atoms with Crippen molar-refractivity contribution in [1.82, 2.24) is 14.3 Å². The van der Waals surface area contributed by atoms with Gasteiger partial charge in [0.2, 0.25) is 5.91 Å². The first-order chi connectivity index (χ1) is 13.7. The third-order valence-corrected chi connectivity index (χ3v) is 6.17. The van der Waals surface area contributed by atoms with Crippen LogP contribution in [0, 0.1) is 6.92 Å². The Labute approximate surface area is 188 Å². The molecule has 0 radical (unpaired) electrons. The molecule has 0 saturated heterocycles. The number of hydrogen-bond donors (Lipinski definition) is 0. The lowest BCUT2D eigenvalue weighted by Crippen LogP contribution is -2.35. The van der Waals surface area contributed by atoms with Gasteiger partial charge in [-0.3, -0.25) is 9.20 Å². The van der Waals surface area contributed by atoms with Gasteiger partial charge >= 0.3 is 0 Å². The number of pyridine rings is 1. The molecule has 1 amide bonds. The Kier molecular flexibility index (Phi) is 6.73. The van der Waals surface area contributed by atoms with Gasteiger partial charge in [0.15, 0.2) is 11.4 Å². The van der Waals surface area contributed by atoms with Gasteiger partial charge in [-0.25, -0.2) is 4.98 Å². The molecule has 0 aliphatic heterocycles. The maximum Gasteiger partial charge on any atom is 0.240 e. The molecule has 3 aromatic rings. The number of benzene rings is 1. The number of likely N-dealkylation sites (N-methyl/N-ethyl adjacent to an activating group) is 2. The third kappa shape index (κ3) is 4.53. The summed E-state index contributed by atoms with van der Waals surface area (Å²) >= 11 is 16.5. The summed E-state index contributed by atoms with van der Waals surface area (Å²) in [5.74, 6) is 0.532. The molecule has 0 unspecified atom stereocenters. The summed E-state index contributed by atoms with van der Waals surface area (Å²) in [6, 6.07) is 7.17. The van der Waals surface area contributed by atoms with E-state index in [0.29, 0.717) is 32.7 Å². The minimum atomic E-state index is -0.0754. The fourth-order valence-electron chi connectivity index (χ4n) is 2.88. The smallest absolute Gasteiger partial charge is 0.240 e. The summed E-state index contributed by atoms with van der Waals surface area (Å²) in [6.07, 6.45) is 1.90. The van der Waals surface area contributed by atoms with Crippen molar-refractivity contribution in [3.05, 3.63) is 56.4 Å². The van der Waals surface area contributed by atoms with Crippen LogP contribution in [0.3, 0.4) is 0 Å². The van der Waals surface area contributed by atoms with Crippen LogP contribution in [0.15, 0.2) is 35.1 Å². The fourth-order valence-corrected chi connectivity index (χ4v) is 3.86. The van der Waals surface area contributed by atoms with E-state index < -0.39 is 0 Å². The van der Waals surface area contributed by atoms with Gasteiger partial charge in [-0.05, 0) is 61.2 Å². The van der Waals surface area contributed by atoms with E-state index >= 15 is 0 Å². The van der Waals surface area contributed by atoms with Gasteiger partial charge in [-0.2, -0.15) is 0 Å². The molecule has 0 atom stereocenters. The number of fused-ring (bicyclic) bond motifs is 1. The van der Waals surface area contributed by atoms with E-state index in [1.165, 1.54) is 4.90 Å². The molecule has 0 N–H and O–H groups in total. The molecule has 0 aliphatic rings. The molecule has 0 bridgehead atoms. The number of halogens is 3. The maximum atomic E-state index is 12.4. The van der Waals surface area contributed by atoms with Crippen LogP contribution in [0.5, 0.6) is 5.75 Å². The highest BCUT2D eigenvalue weighted by Crippen LogP contribution is 2.35.